The Kier molecular flexibility index (Phi) is 4.60. The molecule has 0 saturated heterocycles. The van der Waals surface area contributed by atoms with Crippen molar-refractivity contribution in [3.05, 3.63) is 70.8 Å². The Bertz CT molecular complexity index is 1090. The first-order chi connectivity index (χ1) is 13.5. The number of ketones is 2. The van der Waals surface area contributed by atoms with Gasteiger partial charge in [0.15, 0.2) is 0 Å². The highest BCUT2D eigenvalue weighted by Gasteiger charge is 2.41. The molecule has 140 valence electrons. The van der Waals surface area contributed by atoms with Crippen molar-refractivity contribution in [3.63, 3.8) is 0 Å². The van der Waals surface area contributed by atoms with Crippen LogP contribution in [-0.2, 0) is 11.3 Å². The van der Waals surface area contributed by atoms with E-state index in [4.69, 9.17) is 4.98 Å². The lowest BCUT2D eigenvalue weighted by atomic mass is 9.82. The maximum Gasteiger partial charge on any atom is 0.248 e. The maximum atomic E-state index is 13.0. The van der Waals surface area contributed by atoms with Crippen molar-refractivity contribution in [2.45, 2.75) is 39.7 Å². The van der Waals surface area contributed by atoms with Crippen LogP contribution in [0.3, 0.4) is 0 Å². The lowest BCUT2D eigenvalue weighted by molar-refractivity contribution is -0.116. The molecule has 0 saturated carbocycles. The molecule has 2 aromatic rings. The van der Waals surface area contributed by atoms with E-state index in [1.165, 1.54) is 5.56 Å². The number of carbonyl (C=O) groups excluding carboxylic acids is 2. The highest BCUT2D eigenvalue weighted by Crippen LogP contribution is 2.36. The predicted molar refractivity (Wildman–Crippen MR) is 109 cm³/mol. The maximum absolute atomic E-state index is 13.0. The van der Waals surface area contributed by atoms with E-state index in [0.717, 1.165) is 17.0 Å². The molecule has 1 aromatic heterocycles. The monoisotopic (exact) mass is 370 g/mol. The van der Waals surface area contributed by atoms with Crippen LogP contribution in [-0.4, -0.2) is 21.1 Å². The number of nitrogens with zero attached hydrogens (tertiary/aromatic N) is 2. The van der Waals surface area contributed by atoms with Crippen molar-refractivity contribution in [2.75, 3.05) is 0 Å². The number of imidazole rings is 1. The fraction of sp³-hybridized carbons (Fsp3) is 0.292. The van der Waals surface area contributed by atoms with Gasteiger partial charge in [-0.1, -0.05) is 73.7 Å². The summed E-state index contributed by atoms with van der Waals surface area (Å²) in [5.41, 5.74) is 3.98. The van der Waals surface area contributed by atoms with E-state index in [1.54, 1.807) is 0 Å². The normalized spacial score (nSPS) is 21.0. The molecule has 1 heterocycles. The average Bonchev–Trinajstić information content (AvgIpc) is 3.01. The van der Waals surface area contributed by atoms with E-state index < -0.39 is 17.5 Å². The quantitative estimate of drug-likeness (QED) is 0.604. The van der Waals surface area contributed by atoms with Gasteiger partial charge in [0, 0.05) is 24.5 Å². The van der Waals surface area contributed by atoms with Gasteiger partial charge < -0.3 is 4.57 Å². The fourth-order valence-corrected chi connectivity index (χ4v) is 3.68. The number of aromatic nitrogens is 2. The minimum atomic E-state index is -0.715. The van der Waals surface area contributed by atoms with Crippen molar-refractivity contribution in [1.82, 2.24) is 9.55 Å². The topological polar surface area (TPSA) is 52.0 Å². The highest BCUT2D eigenvalue weighted by molar-refractivity contribution is 6.48. The second kappa shape index (κ2) is 7.09. The van der Waals surface area contributed by atoms with Crippen LogP contribution in [0.4, 0.5) is 0 Å². The Morgan fingerprint density at radius 2 is 1.96 bits per heavy atom. The van der Waals surface area contributed by atoms with E-state index >= 15 is 0 Å². The third kappa shape index (κ3) is 3.03. The van der Waals surface area contributed by atoms with Crippen LogP contribution in [0.5, 0.6) is 0 Å². The summed E-state index contributed by atoms with van der Waals surface area (Å²) >= 11 is 0. The molecule has 0 N–H and O–H groups in total. The third-order valence-corrected chi connectivity index (χ3v) is 5.14. The molecule has 0 bridgehead atoms. The molecular formula is C24H22N2O2. The highest BCUT2D eigenvalue weighted by atomic mass is 16.2. The molecule has 2 aliphatic rings. The van der Waals surface area contributed by atoms with Gasteiger partial charge in [-0.15, -0.1) is 0 Å². The van der Waals surface area contributed by atoms with Gasteiger partial charge in [-0.05, 0) is 12.5 Å². The zero-order valence-corrected chi connectivity index (χ0v) is 16.3. The number of hydrogen-bond donors (Lipinski definition) is 0. The standard InChI is InChI=1S/C24H22N2O2/c1-15(2)24-25-20-18-8-6-4-5-7-9-19(18)22(27)23(28)21(20)26(24)14-17-12-10-16(3)11-13-17/h4,6,8,10-13,15,19H,5,14H2,1-3H3/b6-4-,18-8+. The van der Waals surface area contributed by atoms with Crippen molar-refractivity contribution in [2.24, 2.45) is 5.92 Å². The van der Waals surface area contributed by atoms with Gasteiger partial charge in [0.2, 0.25) is 11.6 Å². The Morgan fingerprint density at radius 1 is 1.21 bits per heavy atom. The van der Waals surface area contributed by atoms with Crippen LogP contribution in [0.15, 0.2) is 42.5 Å². The van der Waals surface area contributed by atoms with Gasteiger partial charge in [0.05, 0.1) is 5.69 Å². The summed E-state index contributed by atoms with van der Waals surface area (Å²) in [6.45, 7) is 6.65. The number of benzene rings is 1. The first kappa shape index (κ1) is 18.2. The lowest BCUT2D eigenvalue weighted by Gasteiger charge is -2.21. The van der Waals surface area contributed by atoms with Crippen LogP contribution in [0.1, 0.15) is 59.3 Å². The van der Waals surface area contributed by atoms with Gasteiger partial charge in [-0.2, -0.15) is 0 Å². The Hall–Kier alpha value is -3.19. The molecule has 4 rings (SSSR count). The third-order valence-electron chi connectivity index (χ3n) is 5.14. The predicted octanol–water partition coefficient (Wildman–Crippen LogP) is 4.09. The Balaban J connectivity index is 1.91. The molecule has 0 radical (unpaired) electrons. The van der Waals surface area contributed by atoms with Crippen molar-refractivity contribution in [1.29, 1.82) is 0 Å². The van der Waals surface area contributed by atoms with Crippen LogP contribution < -0.4 is 0 Å². The molecule has 1 unspecified atom stereocenters. The van der Waals surface area contributed by atoms with Crippen molar-refractivity contribution in [3.8, 4) is 11.8 Å². The minimum Gasteiger partial charge on any atom is -0.320 e. The van der Waals surface area contributed by atoms with E-state index in [9.17, 15) is 9.59 Å². The smallest absolute Gasteiger partial charge is 0.248 e. The molecule has 1 aromatic carbocycles. The number of Topliss-reactive ketones (excluding diaryl/α,β-unsaturated/α-hetero) is 2. The number of rotatable bonds is 3. The summed E-state index contributed by atoms with van der Waals surface area (Å²) in [6.07, 6.45) is 6.31. The SMILES string of the molecule is Cc1ccc(Cn2c(C(C)C)nc3c2C(=O)C(=O)C2C#CC/C=C\C=C\32)cc1. The van der Waals surface area contributed by atoms with Gasteiger partial charge in [0.25, 0.3) is 0 Å². The molecule has 0 spiro atoms. The minimum absolute atomic E-state index is 0.119. The number of fused-ring (bicyclic) bond motifs is 3. The summed E-state index contributed by atoms with van der Waals surface area (Å²) in [6, 6.07) is 8.20. The number of allylic oxidation sites excluding steroid dienone is 4. The second-order valence-electron chi connectivity index (χ2n) is 7.60. The molecule has 0 aliphatic heterocycles. The Labute approximate surface area is 165 Å². The van der Waals surface area contributed by atoms with Gasteiger partial charge in [-0.25, -0.2) is 4.98 Å². The number of aryl methyl sites for hydroxylation is 1. The molecule has 4 nitrogen and oxygen atoms in total. The zero-order chi connectivity index (χ0) is 19.8. The number of hydrogen-bond acceptors (Lipinski definition) is 3. The first-order valence-corrected chi connectivity index (χ1v) is 9.57. The number of carbonyl (C=O) groups is 2. The molecule has 0 amide bonds. The van der Waals surface area contributed by atoms with Crippen molar-refractivity contribution >= 4 is 17.1 Å². The van der Waals surface area contributed by atoms with E-state index in [0.29, 0.717) is 24.4 Å². The van der Waals surface area contributed by atoms with Gasteiger partial charge in [0.1, 0.15) is 17.4 Å². The second-order valence-corrected chi connectivity index (χ2v) is 7.60. The van der Waals surface area contributed by atoms with E-state index in [2.05, 4.69) is 37.8 Å². The molecule has 2 aliphatic carbocycles. The average molecular weight is 370 g/mol. The summed E-state index contributed by atoms with van der Waals surface area (Å²) in [5, 5.41) is 0. The molecule has 4 heteroatoms. The fourth-order valence-electron chi connectivity index (χ4n) is 3.68. The van der Waals surface area contributed by atoms with Crippen LogP contribution >= 0.6 is 0 Å². The molecule has 28 heavy (non-hydrogen) atoms. The molecular weight excluding hydrogens is 348 g/mol. The van der Waals surface area contributed by atoms with Gasteiger partial charge >= 0.3 is 0 Å². The first-order valence-electron chi connectivity index (χ1n) is 9.57. The largest absolute Gasteiger partial charge is 0.320 e. The summed E-state index contributed by atoms with van der Waals surface area (Å²) in [5.74, 6) is 5.22. The van der Waals surface area contributed by atoms with Gasteiger partial charge in [-0.3, -0.25) is 9.59 Å². The summed E-state index contributed by atoms with van der Waals surface area (Å²) in [4.78, 5) is 30.7. The van der Waals surface area contributed by atoms with Crippen molar-refractivity contribution < 1.29 is 9.59 Å². The van der Waals surface area contributed by atoms with Crippen LogP contribution in [0, 0.1) is 24.7 Å². The molecule has 0 fully saturated rings. The Morgan fingerprint density at radius 3 is 2.68 bits per heavy atom. The van der Waals surface area contributed by atoms with Crippen LogP contribution in [0.2, 0.25) is 0 Å². The summed E-state index contributed by atoms with van der Waals surface area (Å²) in [7, 11) is 0. The van der Waals surface area contributed by atoms with E-state index in [-0.39, 0.29) is 5.92 Å². The van der Waals surface area contributed by atoms with E-state index in [1.807, 2.05) is 41.9 Å². The van der Waals surface area contributed by atoms with Crippen LogP contribution in [0.25, 0.3) is 5.57 Å². The lowest BCUT2D eigenvalue weighted by Crippen LogP contribution is -2.32. The summed E-state index contributed by atoms with van der Waals surface area (Å²) < 4.78 is 1.91. The molecule has 1 atom stereocenters. The zero-order valence-electron chi connectivity index (χ0n) is 16.3.